The molecule has 126 valence electrons. The molecule has 1 aliphatic heterocycles. The van der Waals surface area contributed by atoms with E-state index in [1.165, 1.54) is 0 Å². The Balaban J connectivity index is 1.43. The Hall–Kier alpha value is -3.15. The van der Waals surface area contributed by atoms with Gasteiger partial charge in [-0.25, -0.2) is 9.97 Å². The maximum absolute atomic E-state index is 5.83. The zero-order chi connectivity index (χ0) is 17.1. The van der Waals surface area contributed by atoms with Gasteiger partial charge in [0.05, 0.1) is 24.5 Å². The van der Waals surface area contributed by atoms with Crippen LogP contribution in [0.25, 0.3) is 5.70 Å². The molecule has 4 rings (SSSR count). The second-order valence-corrected chi connectivity index (χ2v) is 5.91. The molecular weight excluding hydrogens is 314 g/mol. The molecular formula is C19H19N5O. The minimum absolute atomic E-state index is 0.519. The molecule has 6 nitrogen and oxygen atoms in total. The molecule has 0 bridgehead atoms. The van der Waals surface area contributed by atoms with E-state index < -0.39 is 0 Å². The molecule has 3 heterocycles. The molecule has 0 radical (unpaired) electrons. The van der Waals surface area contributed by atoms with Gasteiger partial charge >= 0.3 is 0 Å². The van der Waals surface area contributed by atoms with Crippen molar-refractivity contribution in [2.24, 2.45) is 0 Å². The van der Waals surface area contributed by atoms with E-state index >= 15 is 0 Å². The standard InChI is InChI=1S/C19H19N5O/c1-15(19-20-8-5-9-21-19)23-10-11-24-17(13-23)12-18(22-24)25-14-16-6-3-2-4-7-16/h2-9,12H,1,10-11,13-14H2. The molecule has 1 aliphatic rings. The van der Waals surface area contributed by atoms with E-state index in [0.29, 0.717) is 18.3 Å². The fourth-order valence-corrected chi connectivity index (χ4v) is 2.86. The molecule has 0 fully saturated rings. The van der Waals surface area contributed by atoms with Crippen molar-refractivity contribution in [2.75, 3.05) is 6.54 Å². The van der Waals surface area contributed by atoms with Crippen LogP contribution in [0.3, 0.4) is 0 Å². The van der Waals surface area contributed by atoms with E-state index in [4.69, 9.17) is 4.74 Å². The number of rotatable bonds is 5. The van der Waals surface area contributed by atoms with Crippen LogP contribution in [-0.4, -0.2) is 31.2 Å². The second-order valence-electron chi connectivity index (χ2n) is 5.91. The highest BCUT2D eigenvalue weighted by Crippen LogP contribution is 2.23. The lowest BCUT2D eigenvalue weighted by Gasteiger charge is -2.30. The first-order valence-corrected chi connectivity index (χ1v) is 8.24. The van der Waals surface area contributed by atoms with E-state index in [0.717, 1.165) is 36.6 Å². The molecule has 0 N–H and O–H groups in total. The summed E-state index contributed by atoms with van der Waals surface area (Å²) in [5.41, 5.74) is 3.07. The number of fused-ring (bicyclic) bond motifs is 1. The van der Waals surface area contributed by atoms with Gasteiger partial charge in [0.25, 0.3) is 0 Å². The van der Waals surface area contributed by atoms with Gasteiger partial charge in [-0.3, -0.25) is 4.68 Å². The van der Waals surface area contributed by atoms with E-state index in [9.17, 15) is 0 Å². The summed E-state index contributed by atoms with van der Waals surface area (Å²) in [5, 5.41) is 4.54. The average molecular weight is 333 g/mol. The van der Waals surface area contributed by atoms with Crippen molar-refractivity contribution in [3.63, 3.8) is 0 Å². The van der Waals surface area contributed by atoms with Crippen LogP contribution in [0.5, 0.6) is 5.88 Å². The summed E-state index contributed by atoms with van der Waals surface area (Å²) < 4.78 is 7.82. The molecule has 0 saturated heterocycles. The van der Waals surface area contributed by atoms with Crippen LogP contribution in [-0.2, 0) is 19.7 Å². The van der Waals surface area contributed by atoms with Gasteiger partial charge in [0, 0.05) is 25.0 Å². The molecule has 1 aromatic carbocycles. The highest BCUT2D eigenvalue weighted by Gasteiger charge is 2.21. The predicted octanol–water partition coefficient (Wildman–Crippen LogP) is 2.74. The first kappa shape index (κ1) is 15.4. The van der Waals surface area contributed by atoms with Crippen molar-refractivity contribution in [1.82, 2.24) is 24.6 Å². The summed E-state index contributed by atoms with van der Waals surface area (Å²) in [7, 11) is 0. The zero-order valence-corrected chi connectivity index (χ0v) is 13.9. The molecule has 0 atom stereocenters. The Labute approximate surface area is 146 Å². The molecule has 0 saturated carbocycles. The summed E-state index contributed by atoms with van der Waals surface area (Å²) >= 11 is 0. The quantitative estimate of drug-likeness (QED) is 0.718. The molecule has 0 amide bonds. The normalized spacial score (nSPS) is 13.4. The minimum atomic E-state index is 0.519. The number of benzene rings is 1. The summed E-state index contributed by atoms with van der Waals surface area (Å²) in [6.45, 7) is 7.00. The number of ether oxygens (including phenoxy) is 1. The third-order valence-corrected chi connectivity index (χ3v) is 4.21. The van der Waals surface area contributed by atoms with Gasteiger partial charge < -0.3 is 9.64 Å². The molecule has 6 heteroatoms. The van der Waals surface area contributed by atoms with Crippen molar-refractivity contribution in [1.29, 1.82) is 0 Å². The lowest BCUT2D eigenvalue weighted by Crippen LogP contribution is -2.32. The van der Waals surface area contributed by atoms with Crippen LogP contribution < -0.4 is 4.74 Å². The zero-order valence-electron chi connectivity index (χ0n) is 13.9. The molecule has 0 aliphatic carbocycles. The van der Waals surface area contributed by atoms with Crippen LogP contribution in [0, 0.1) is 0 Å². The van der Waals surface area contributed by atoms with Crippen molar-refractivity contribution < 1.29 is 4.74 Å². The average Bonchev–Trinajstić information content (AvgIpc) is 3.09. The maximum Gasteiger partial charge on any atom is 0.233 e. The van der Waals surface area contributed by atoms with Crippen molar-refractivity contribution >= 4 is 5.70 Å². The SMILES string of the molecule is C=C(c1ncccn1)N1CCn2nc(OCc3ccccc3)cc2C1. The van der Waals surface area contributed by atoms with Crippen LogP contribution in [0.1, 0.15) is 17.1 Å². The third-order valence-electron chi connectivity index (χ3n) is 4.21. The Bertz CT molecular complexity index is 860. The molecule has 0 unspecified atom stereocenters. The van der Waals surface area contributed by atoms with E-state index in [1.807, 2.05) is 41.1 Å². The fraction of sp³-hybridized carbons (Fsp3) is 0.211. The summed E-state index contributed by atoms with van der Waals surface area (Å²) in [6.07, 6.45) is 3.47. The highest BCUT2D eigenvalue weighted by atomic mass is 16.5. The van der Waals surface area contributed by atoms with E-state index in [-0.39, 0.29) is 0 Å². The molecule has 3 aromatic rings. The van der Waals surface area contributed by atoms with Gasteiger partial charge in [0.1, 0.15) is 6.61 Å². The van der Waals surface area contributed by atoms with E-state index in [2.05, 4.69) is 26.5 Å². The molecule has 25 heavy (non-hydrogen) atoms. The second kappa shape index (κ2) is 6.76. The highest BCUT2D eigenvalue weighted by molar-refractivity contribution is 5.55. The summed E-state index contributed by atoms with van der Waals surface area (Å²) in [5.74, 6) is 1.32. The summed E-state index contributed by atoms with van der Waals surface area (Å²) in [4.78, 5) is 10.7. The van der Waals surface area contributed by atoms with Gasteiger partial charge in [0.15, 0.2) is 5.82 Å². The largest absolute Gasteiger partial charge is 0.472 e. The monoisotopic (exact) mass is 333 g/mol. The van der Waals surface area contributed by atoms with Gasteiger partial charge in [-0.15, -0.1) is 5.10 Å². The van der Waals surface area contributed by atoms with Crippen LogP contribution in [0.2, 0.25) is 0 Å². The lowest BCUT2D eigenvalue weighted by molar-refractivity contribution is 0.279. The number of hydrogen-bond donors (Lipinski definition) is 0. The molecule has 2 aromatic heterocycles. The number of hydrogen-bond acceptors (Lipinski definition) is 5. The van der Waals surface area contributed by atoms with E-state index in [1.54, 1.807) is 18.5 Å². The maximum atomic E-state index is 5.83. The summed E-state index contributed by atoms with van der Waals surface area (Å²) in [6, 6.07) is 13.9. The lowest BCUT2D eigenvalue weighted by atomic mass is 10.2. The van der Waals surface area contributed by atoms with Crippen molar-refractivity contribution in [3.8, 4) is 5.88 Å². The van der Waals surface area contributed by atoms with Crippen molar-refractivity contribution in [2.45, 2.75) is 19.7 Å². The smallest absolute Gasteiger partial charge is 0.233 e. The van der Waals surface area contributed by atoms with Gasteiger partial charge in [-0.2, -0.15) is 0 Å². The number of aromatic nitrogens is 4. The van der Waals surface area contributed by atoms with Crippen molar-refractivity contribution in [3.05, 3.63) is 78.5 Å². The van der Waals surface area contributed by atoms with Crippen LogP contribution in [0.4, 0.5) is 0 Å². The topological polar surface area (TPSA) is 56.1 Å². The van der Waals surface area contributed by atoms with Gasteiger partial charge in [0.2, 0.25) is 5.88 Å². The van der Waals surface area contributed by atoms with Gasteiger partial charge in [-0.05, 0) is 11.6 Å². The Morgan fingerprint density at radius 2 is 1.88 bits per heavy atom. The predicted molar refractivity (Wildman–Crippen MR) is 94.5 cm³/mol. The third kappa shape index (κ3) is 3.38. The van der Waals surface area contributed by atoms with Gasteiger partial charge in [-0.1, -0.05) is 36.9 Å². The van der Waals surface area contributed by atoms with Crippen LogP contribution in [0.15, 0.2) is 61.4 Å². The van der Waals surface area contributed by atoms with Crippen LogP contribution >= 0.6 is 0 Å². The Morgan fingerprint density at radius 3 is 2.68 bits per heavy atom. The first-order valence-electron chi connectivity index (χ1n) is 8.24. The number of nitrogens with zero attached hydrogens (tertiary/aromatic N) is 5. The fourth-order valence-electron chi connectivity index (χ4n) is 2.86. The first-order chi connectivity index (χ1) is 12.3. The Kier molecular flexibility index (Phi) is 4.16. The Morgan fingerprint density at radius 1 is 1.08 bits per heavy atom. The minimum Gasteiger partial charge on any atom is -0.472 e. The molecule has 0 spiro atoms.